The Hall–Kier alpha value is -2.96. The molecule has 0 saturated heterocycles. The van der Waals surface area contributed by atoms with Crippen molar-refractivity contribution in [2.75, 3.05) is 27.4 Å². The molecule has 1 unspecified atom stereocenters. The molecule has 7 heteroatoms. The highest BCUT2D eigenvalue weighted by atomic mass is 16.5. The van der Waals surface area contributed by atoms with Gasteiger partial charge in [-0.1, -0.05) is 12.1 Å². The van der Waals surface area contributed by atoms with Gasteiger partial charge in [0.25, 0.3) is 0 Å². The van der Waals surface area contributed by atoms with Crippen LogP contribution in [0.25, 0.3) is 0 Å². The van der Waals surface area contributed by atoms with E-state index in [0.29, 0.717) is 31.6 Å². The normalized spacial score (nSPS) is 12.2. The fourth-order valence-electron chi connectivity index (χ4n) is 2.74. The van der Waals surface area contributed by atoms with Crippen LogP contribution in [0.5, 0.6) is 17.4 Å². The van der Waals surface area contributed by atoms with Crippen LogP contribution in [0.4, 0.5) is 0 Å². The van der Waals surface area contributed by atoms with Crippen molar-refractivity contribution in [3.05, 3.63) is 47.7 Å². The second-order valence-electron chi connectivity index (χ2n) is 6.04. The van der Waals surface area contributed by atoms with Crippen LogP contribution in [-0.2, 0) is 6.54 Å². The van der Waals surface area contributed by atoms with Crippen molar-refractivity contribution in [3.63, 3.8) is 0 Å². The van der Waals surface area contributed by atoms with E-state index in [1.165, 1.54) is 0 Å². The van der Waals surface area contributed by atoms with E-state index in [1.807, 2.05) is 44.2 Å². The van der Waals surface area contributed by atoms with Crippen LogP contribution in [0.3, 0.4) is 0 Å². The van der Waals surface area contributed by atoms with Crippen molar-refractivity contribution < 1.29 is 14.2 Å². The van der Waals surface area contributed by atoms with Crippen LogP contribution in [0, 0.1) is 0 Å². The van der Waals surface area contributed by atoms with E-state index in [4.69, 9.17) is 14.2 Å². The van der Waals surface area contributed by atoms with Crippen molar-refractivity contribution in [2.24, 2.45) is 4.99 Å². The molecule has 2 N–H and O–H groups in total. The maximum absolute atomic E-state index is 5.72. The van der Waals surface area contributed by atoms with E-state index in [1.54, 1.807) is 20.4 Å². The fraction of sp³-hybridized carbons (Fsp3) is 0.429. The molecule has 2 aromatic rings. The van der Waals surface area contributed by atoms with E-state index in [9.17, 15) is 0 Å². The minimum Gasteiger partial charge on any atom is -0.490 e. The lowest BCUT2D eigenvalue weighted by Gasteiger charge is -2.20. The first-order valence-corrected chi connectivity index (χ1v) is 9.47. The molecule has 0 bridgehead atoms. The number of methoxy groups -OCH3 is 1. The van der Waals surface area contributed by atoms with Crippen molar-refractivity contribution >= 4 is 5.96 Å². The molecular weight excluding hydrogens is 356 g/mol. The summed E-state index contributed by atoms with van der Waals surface area (Å²) >= 11 is 0. The second kappa shape index (κ2) is 11.0. The topological polar surface area (TPSA) is 77.0 Å². The third-order valence-corrected chi connectivity index (χ3v) is 4.13. The molecule has 1 aromatic heterocycles. The molecule has 0 saturated carbocycles. The highest BCUT2D eigenvalue weighted by Gasteiger charge is 2.13. The summed E-state index contributed by atoms with van der Waals surface area (Å²) in [5.74, 6) is 2.79. The zero-order chi connectivity index (χ0) is 20.4. The van der Waals surface area contributed by atoms with Gasteiger partial charge in [0.15, 0.2) is 17.5 Å². The molecule has 0 radical (unpaired) electrons. The Labute approximate surface area is 167 Å². The molecule has 1 heterocycles. The summed E-state index contributed by atoms with van der Waals surface area (Å²) in [5, 5.41) is 6.69. The molecule has 1 atom stereocenters. The Balaban J connectivity index is 2.05. The third kappa shape index (κ3) is 5.77. The number of ether oxygens (including phenoxy) is 3. The van der Waals surface area contributed by atoms with E-state index in [0.717, 1.165) is 22.6 Å². The summed E-state index contributed by atoms with van der Waals surface area (Å²) in [6.07, 6.45) is 1.71. The van der Waals surface area contributed by atoms with E-state index in [2.05, 4.69) is 27.5 Å². The van der Waals surface area contributed by atoms with Gasteiger partial charge in [0.2, 0.25) is 5.88 Å². The molecule has 0 aliphatic carbocycles. The molecule has 0 aliphatic rings. The van der Waals surface area contributed by atoms with Gasteiger partial charge in [-0.25, -0.2) is 4.98 Å². The number of rotatable bonds is 9. The number of hydrogen-bond donors (Lipinski definition) is 2. The average molecular weight is 386 g/mol. The minimum atomic E-state index is 0.0249. The first-order valence-electron chi connectivity index (χ1n) is 9.47. The van der Waals surface area contributed by atoms with Crippen LogP contribution in [-0.4, -0.2) is 38.3 Å². The monoisotopic (exact) mass is 386 g/mol. The van der Waals surface area contributed by atoms with Crippen molar-refractivity contribution in [1.29, 1.82) is 0 Å². The van der Waals surface area contributed by atoms with Gasteiger partial charge in [-0.15, -0.1) is 0 Å². The quantitative estimate of drug-likeness (QED) is 0.509. The highest BCUT2D eigenvalue weighted by Crippen LogP contribution is 2.30. The summed E-state index contributed by atoms with van der Waals surface area (Å²) in [7, 11) is 3.36. The molecule has 1 aromatic carbocycles. The van der Waals surface area contributed by atoms with E-state index in [-0.39, 0.29) is 6.04 Å². The number of hydrogen-bond acceptors (Lipinski definition) is 5. The maximum atomic E-state index is 5.72. The summed E-state index contributed by atoms with van der Waals surface area (Å²) < 4.78 is 16.7. The largest absolute Gasteiger partial charge is 0.490 e. The molecular formula is C21H30N4O3. The molecule has 0 fully saturated rings. The van der Waals surface area contributed by atoms with Gasteiger partial charge < -0.3 is 24.8 Å². The Kier molecular flexibility index (Phi) is 8.39. The van der Waals surface area contributed by atoms with Gasteiger partial charge in [-0.05, 0) is 44.5 Å². The second-order valence-corrected chi connectivity index (χ2v) is 6.04. The number of benzene rings is 1. The fourth-order valence-corrected chi connectivity index (χ4v) is 2.74. The number of nitrogens with zero attached hydrogens (tertiary/aromatic N) is 2. The third-order valence-electron chi connectivity index (χ3n) is 4.13. The Morgan fingerprint density at radius 2 is 1.89 bits per heavy atom. The molecule has 7 nitrogen and oxygen atoms in total. The van der Waals surface area contributed by atoms with Crippen LogP contribution >= 0.6 is 0 Å². The maximum Gasteiger partial charge on any atom is 0.218 e. The zero-order valence-corrected chi connectivity index (χ0v) is 17.3. The summed E-state index contributed by atoms with van der Waals surface area (Å²) in [6, 6.07) is 9.85. The van der Waals surface area contributed by atoms with E-state index >= 15 is 0 Å². The summed E-state index contributed by atoms with van der Waals surface area (Å²) in [6.45, 7) is 7.73. The van der Waals surface area contributed by atoms with Crippen molar-refractivity contribution in [2.45, 2.75) is 33.4 Å². The summed E-state index contributed by atoms with van der Waals surface area (Å²) in [4.78, 5) is 8.52. The summed E-state index contributed by atoms with van der Waals surface area (Å²) in [5.41, 5.74) is 2.04. The number of pyridine rings is 1. The van der Waals surface area contributed by atoms with Gasteiger partial charge in [-0.3, -0.25) is 4.99 Å². The first kappa shape index (κ1) is 21.3. The lowest BCUT2D eigenvalue weighted by atomic mass is 10.1. The van der Waals surface area contributed by atoms with Gasteiger partial charge >= 0.3 is 0 Å². The highest BCUT2D eigenvalue weighted by molar-refractivity contribution is 5.80. The Morgan fingerprint density at radius 1 is 1.14 bits per heavy atom. The molecule has 0 spiro atoms. The van der Waals surface area contributed by atoms with Gasteiger partial charge in [0, 0.05) is 25.4 Å². The van der Waals surface area contributed by atoms with Crippen LogP contribution < -0.4 is 24.8 Å². The van der Waals surface area contributed by atoms with E-state index < -0.39 is 0 Å². The average Bonchev–Trinajstić information content (AvgIpc) is 2.72. The van der Waals surface area contributed by atoms with Crippen LogP contribution in [0.2, 0.25) is 0 Å². The van der Waals surface area contributed by atoms with Crippen molar-refractivity contribution in [1.82, 2.24) is 15.6 Å². The SMILES string of the molecule is CCOc1ccc(C(C)NC(=NC)NCc2cccnc2OC)cc1OCC. The van der Waals surface area contributed by atoms with Gasteiger partial charge in [0.1, 0.15) is 0 Å². The predicted octanol–water partition coefficient (Wildman–Crippen LogP) is 3.31. The minimum absolute atomic E-state index is 0.0249. The molecule has 2 rings (SSSR count). The van der Waals surface area contributed by atoms with Crippen LogP contribution in [0.1, 0.15) is 37.9 Å². The van der Waals surface area contributed by atoms with Gasteiger partial charge in [-0.2, -0.15) is 0 Å². The van der Waals surface area contributed by atoms with Crippen molar-refractivity contribution in [3.8, 4) is 17.4 Å². The molecule has 0 amide bonds. The van der Waals surface area contributed by atoms with Gasteiger partial charge in [0.05, 0.1) is 26.4 Å². The lowest BCUT2D eigenvalue weighted by molar-refractivity contribution is 0.287. The Bertz CT molecular complexity index is 780. The van der Waals surface area contributed by atoms with Crippen LogP contribution in [0.15, 0.2) is 41.5 Å². The molecule has 152 valence electrons. The number of nitrogens with one attached hydrogen (secondary N) is 2. The molecule has 28 heavy (non-hydrogen) atoms. The zero-order valence-electron chi connectivity index (χ0n) is 17.3. The predicted molar refractivity (Wildman–Crippen MR) is 111 cm³/mol. The number of aliphatic imine (C=N–C) groups is 1. The smallest absolute Gasteiger partial charge is 0.218 e. The number of aromatic nitrogens is 1. The number of guanidine groups is 1. The lowest BCUT2D eigenvalue weighted by Crippen LogP contribution is -2.38. The molecule has 0 aliphatic heterocycles. The standard InChI is InChI=1S/C21H30N4O3/c1-6-27-18-11-10-16(13-19(18)28-7-2)15(3)25-21(22-4)24-14-17-9-8-12-23-20(17)26-5/h8-13,15H,6-7,14H2,1-5H3,(H2,22,24,25). The Morgan fingerprint density at radius 3 is 2.57 bits per heavy atom. The first-order chi connectivity index (χ1) is 13.6.